The Morgan fingerprint density at radius 3 is 2.50 bits per heavy atom. The molecule has 6 heteroatoms. The summed E-state index contributed by atoms with van der Waals surface area (Å²) in [6.07, 6.45) is 5.10. The van der Waals surface area contributed by atoms with E-state index >= 15 is 0 Å². The molecule has 0 spiro atoms. The maximum Gasteiger partial charge on any atom is 0.329 e. The van der Waals surface area contributed by atoms with Crippen molar-refractivity contribution in [2.75, 3.05) is 11.4 Å². The van der Waals surface area contributed by atoms with Crippen molar-refractivity contribution in [3.05, 3.63) is 76.0 Å². The molecule has 0 unspecified atom stereocenters. The molecule has 1 fully saturated rings. The van der Waals surface area contributed by atoms with E-state index in [0.717, 1.165) is 29.7 Å². The Kier molecular flexibility index (Phi) is 5.87. The molecule has 2 aliphatic rings. The Bertz CT molecular complexity index is 1130. The van der Waals surface area contributed by atoms with Gasteiger partial charge >= 0.3 is 6.03 Å². The summed E-state index contributed by atoms with van der Waals surface area (Å²) in [6.45, 7) is 9.94. The largest absolute Gasteiger partial charge is 0.362 e. The number of allylic oxidation sites excluding steroid dienone is 1. The number of benzene rings is 2. The number of nitrogens with zero attached hydrogens (tertiary/aromatic N) is 2. The van der Waals surface area contributed by atoms with Crippen LogP contribution in [-0.4, -0.2) is 28.9 Å². The highest BCUT2D eigenvalue weighted by molar-refractivity contribution is 6.30. The number of amides is 3. The molecule has 0 bridgehead atoms. The number of imide groups is 1. The number of halogens is 1. The van der Waals surface area contributed by atoms with E-state index in [-0.39, 0.29) is 23.7 Å². The predicted molar refractivity (Wildman–Crippen MR) is 130 cm³/mol. The number of nitrogens with one attached hydrogen (secondary N) is 1. The van der Waals surface area contributed by atoms with Crippen molar-refractivity contribution in [3.63, 3.8) is 0 Å². The molecular weight excluding hydrogens is 422 g/mol. The van der Waals surface area contributed by atoms with E-state index in [1.54, 1.807) is 18.2 Å². The van der Waals surface area contributed by atoms with Crippen LogP contribution in [0.4, 0.5) is 10.5 Å². The fourth-order valence-electron chi connectivity index (χ4n) is 4.48. The van der Waals surface area contributed by atoms with Crippen molar-refractivity contribution in [1.82, 2.24) is 10.2 Å². The van der Waals surface area contributed by atoms with Gasteiger partial charge in [0, 0.05) is 22.8 Å². The van der Waals surface area contributed by atoms with Crippen molar-refractivity contribution in [2.45, 2.75) is 46.2 Å². The molecule has 2 heterocycles. The van der Waals surface area contributed by atoms with Crippen LogP contribution in [0.1, 0.15) is 50.8 Å². The zero-order valence-corrected chi connectivity index (χ0v) is 19.7. The first-order valence-electron chi connectivity index (χ1n) is 10.9. The van der Waals surface area contributed by atoms with E-state index in [1.807, 2.05) is 18.2 Å². The van der Waals surface area contributed by atoms with Gasteiger partial charge in [0.05, 0.1) is 12.1 Å². The molecule has 0 saturated carbocycles. The van der Waals surface area contributed by atoms with Crippen molar-refractivity contribution in [3.8, 4) is 0 Å². The summed E-state index contributed by atoms with van der Waals surface area (Å²) in [6, 6.07) is 12.9. The molecule has 0 radical (unpaired) electrons. The maximum atomic E-state index is 12.9. The highest BCUT2D eigenvalue weighted by Crippen LogP contribution is 2.39. The van der Waals surface area contributed by atoms with E-state index < -0.39 is 6.03 Å². The normalized spacial score (nSPS) is 18.7. The number of carbonyl (C=O) groups is 2. The van der Waals surface area contributed by atoms with Crippen molar-refractivity contribution in [2.24, 2.45) is 0 Å². The van der Waals surface area contributed by atoms with Crippen molar-refractivity contribution >= 4 is 40.9 Å². The van der Waals surface area contributed by atoms with E-state index in [0.29, 0.717) is 5.02 Å². The second-order valence-corrected chi connectivity index (χ2v) is 9.35. The van der Waals surface area contributed by atoms with E-state index in [1.165, 1.54) is 16.2 Å². The average molecular weight is 450 g/mol. The molecule has 2 aliphatic heterocycles. The molecule has 0 aliphatic carbocycles. The van der Waals surface area contributed by atoms with Crippen LogP contribution in [0.15, 0.2) is 54.2 Å². The van der Waals surface area contributed by atoms with Crippen LogP contribution in [0.5, 0.6) is 0 Å². The third kappa shape index (κ3) is 4.17. The van der Waals surface area contributed by atoms with Gasteiger partial charge in [0.2, 0.25) is 0 Å². The molecule has 1 N–H and O–H groups in total. The fraction of sp³-hybridized carbons (Fsp3) is 0.308. The quantitative estimate of drug-likeness (QED) is 0.460. The molecule has 5 nitrogen and oxygen atoms in total. The maximum absolute atomic E-state index is 12.9. The highest BCUT2D eigenvalue weighted by Gasteiger charge is 2.34. The van der Waals surface area contributed by atoms with Crippen LogP contribution >= 0.6 is 11.6 Å². The summed E-state index contributed by atoms with van der Waals surface area (Å²) >= 11 is 5.93. The summed E-state index contributed by atoms with van der Waals surface area (Å²) < 4.78 is 0. The van der Waals surface area contributed by atoms with Gasteiger partial charge in [-0.1, -0.05) is 42.8 Å². The van der Waals surface area contributed by atoms with Crippen LogP contribution in [0.2, 0.25) is 5.02 Å². The highest BCUT2D eigenvalue weighted by atomic mass is 35.5. The minimum absolute atomic E-state index is 0.0510. The van der Waals surface area contributed by atoms with Crippen LogP contribution in [0.25, 0.3) is 11.6 Å². The number of carbonyl (C=O) groups excluding carboxylic acids is 2. The summed E-state index contributed by atoms with van der Waals surface area (Å²) in [5.41, 5.74) is 5.52. The zero-order chi connectivity index (χ0) is 23.0. The number of hydrogen-bond acceptors (Lipinski definition) is 3. The summed E-state index contributed by atoms with van der Waals surface area (Å²) in [5.74, 6) is -0.330. The zero-order valence-electron chi connectivity index (χ0n) is 18.9. The second kappa shape index (κ2) is 8.47. The molecule has 1 saturated heterocycles. The number of urea groups is 1. The molecule has 32 heavy (non-hydrogen) atoms. The standard InChI is InChI=1S/C26H28ClN3O2/c1-5-12-30-23-11-8-19(13-21(23)17(2)15-26(30,3)4)14-22-24(31)29(25(32)28-22)16-18-6-9-20(27)10-7-18/h6-11,13-15H,5,12,16H2,1-4H3,(H,28,32)/b22-14+. The van der Waals surface area contributed by atoms with E-state index in [9.17, 15) is 9.59 Å². The molecule has 166 valence electrons. The van der Waals surface area contributed by atoms with E-state index in [2.05, 4.69) is 56.1 Å². The lowest BCUT2D eigenvalue weighted by molar-refractivity contribution is -0.123. The molecule has 2 aromatic rings. The van der Waals surface area contributed by atoms with Crippen molar-refractivity contribution in [1.29, 1.82) is 0 Å². The van der Waals surface area contributed by atoms with Crippen LogP contribution in [-0.2, 0) is 11.3 Å². The van der Waals surface area contributed by atoms with Gasteiger partial charge in [-0.15, -0.1) is 0 Å². The van der Waals surface area contributed by atoms with Crippen LogP contribution in [0.3, 0.4) is 0 Å². The lowest BCUT2D eigenvalue weighted by Crippen LogP contribution is -2.45. The third-order valence-corrected chi connectivity index (χ3v) is 6.23. The predicted octanol–water partition coefficient (Wildman–Crippen LogP) is 5.84. The molecule has 3 amide bonds. The topological polar surface area (TPSA) is 52.7 Å². The van der Waals surface area contributed by atoms with Gasteiger partial charge in [0.1, 0.15) is 5.70 Å². The van der Waals surface area contributed by atoms with Gasteiger partial charge in [0.25, 0.3) is 5.91 Å². The van der Waals surface area contributed by atoms with Gasteiger partial charge in [0.15, 0.2) is 0 Å². The average Bonchev–Trinajstić information content (AvgIpc) is 3.00. The van der Waals surface area contributed by atoms with Crippen LogP contribution in [0, 0.1) is 0 Å². The Hall–Kier alpha value is -3.05. The molecule has 2 aromatic carbocycles. The van der Waals surface area contributed by atoms with Gasteiger partial charge in [-0.25, -0.2) is 4.79 Å². The van der Waals surface area contributed by atoms with Gasteiger partial charge in [-0.3, -0.25) is 9.69 Å². The SMILES string of the molecule is CCCN1c2ccc(/C=C3/NC(=O)N(Cc4ccc(Cl)cc4)C3=O)cc2C(C)=CC1(C)C. The summed E-state index contributed by atoms with van der Waals surface area (Å²) in [7, 11) is 0. The lowest BCUT2D eigenvalue weighted by Gasteiger charge is -2.43. The van der Waals surface area contributed by atoms with Gasteiger partial charge in [-0.05, 0) is 74.2 Å². The van der Waals surface area contributed by atoms with E-state index in [4.69, 9.17) is 11.6 Å². The first-order chi connectivity index (χ1) is 15.2. The third-order valence-electron chi connectivity index (χ3n) is 5.98. The summed E-state index contributed by atoms with van der Waals surface area (Å²) in [4.78, 5) is 29.0. The Labute approximate surface area is 194 Å². The first kappa shape index (κ1) is 22.2. The first-order valence-corrected chi connectivity index (χ1v) is 11.3. The minimum atomic E-state index is -0.416. The number of fused-ring (bicyclic) bond motifs is 1. The summed E-state index contributed by atoms with van der Waals surface area (Å²) in [5, 5.41) is 3.33. The molecule has 4 rings (SSSR count). The molecular formula is C26H28ClN3O2. The van der Waals surface area contributed by atoms with Gasteiger partial charge < -0.3 is 10.2 Å². The van der Waals surface area contributed by atoms with Gasteiger partial charge in [-0.2, -0.15) is 0 Å². The lowest BCUT2D eigenvalue weighted by atomic mass is 9.87. The monoisotopic (exact) mass is 449 g/mol. The number of hydrogen-bond donors (Lipinski definition) is 1. The molecule has 0 atom stereocenters. The Balaban J connectivity index is 1.61. The Morgan fingerprint density at radius 1 is 1.09 bits per heavy atom. The second-order valence-electron chi connectivity index (χ2n) is 8.92. The van der Waals surface area contributed by atoms with Crippen molar-refractivity contribution < 1.29 is 9.59 Å². The molecule has 0 aromatic heterocycles. The fourth-order valence-corrected chi connectivity index (χ4v) is 4.60. The van der Waals surface area contributed by atoms with Crippen LogP contribution < -0.4 is 10.2 Å². The Morgan fingerprint density at radius 2 is 1.81 bits per heavy atom. The number of anilines is 1. The smallest absolute Gasteiger partial charge is 0.329 e. The minimum Gasteiger partial charge on any atom is -0.362 e. The number of rotatable bonds is 5.